The van der Waals surface area contributed by atoms with Crippen LogP contribution in [0.3, 0.4) is 0 Å². The zero-order valence-electron chi connectivity index (χ0n) is 19.1. The van der Waals surface area contributed by atoms with Gasteiger partial charge in [0.1, 0.15) is 11.6 Å². The smallest absolute Gasteiger partial charge is 0.149 e. The van der Waals surface area contributed by atoms with Crippen molar-refractivity contribution >= 4 is 11.5 Å². The fourth-order valence-corrected chi connectivity index (χ4v) is 4.58. The summed E-state index contributed by atoms with van der Waals surface area (Å²) in [6, 6.07) is 16.7. The highest BCUT2D eigenvalue weighted by atomic mass is 16.5. The number of hydrogen-bond donors (Lipinski definition) is 1. The van der Waals surface area contributed by atoms with Gasteiger partial charge in [0.05, 0.1) is 24.9 Å². The third kappa shape index (κ3) is 5.13. The standard InChI is InChI=1S/C27H30N4O2/c1-19-26(32)8-6-20-3-2-4-22(15-20)24-9-10-28-27(30-24)17-21-5-7-25(23(16-21)18-29-19)31-11-13-33-14-12-31/h2-5,7,9-10,15-16,19,29H,6,8,11-14,17-18H2,1H3/t19-/m0/s1. The first-order valence-electron chi connectivity index (χ1n) is 11.8. The molecular formula is C27H30N4O2. The van der Waals surface area contributed by atoms with Gasteiger partial charge in [-0.15, -0.1) is 0 Å². The Morgan fingerprint density at radius 1 is 1.03 bits per heavy atom. The first kappa shape index (κ1) is 21.7. The van der Waals surface area contributed by atoms with Crippen LogP contribution in [-0.2, 0) is 28.9 Å². The molecule has 6 heteroatoms. The van der Waals surface area contributed by atoms with Gasteiger partial charge in [-0.3, -0.25) is 4.79 Å². The Bertz CT molecular complexity index is 1140. The summed E-state index contributed by atoms with van der Waals surface area (Å²) in [7, 11) is 0. The van der Waals surface area contributed by atoms with E-state index in [-0.39, 0.29) is 11.8 Å². The first-order valence-corrected chi connectivity index (χ1v) is 11.8. The SMILES string of the molecule is C[C@@H]1NCc2cc(ccc2N2CCOCC2)Cc2nccc(n2)-c2cccc(c2)CCC1=O. The van der Waals surface area contributed by atoms with E-state index in [0.29, 0.717) is 19.4 Å². The molecule has 3 aromatic rings. The van der Waals surface area contributed by atoms with E-state index in [9.17, 15) is 4.79 Å². The maximum atomic E-state index is 12.8. The molecule has 2 aliphatic rings. The van der Waals surface area contributed by atoms with Crippen LogP contribution in [0.2, 0.25) is 0 Å². The van der Waals surface area contributed by atoms with Crippen molar-refractivity contribution in [2.24, 2.45) is 0 Å². The van der Waals surface area contributed by atoms with E-state index >= 15 is 0 Å². The van der Waals surface area contributed by atoms with Gasteiger partial charge in [0.2, 0.25) is 0 Å². The van der Waals surface area contributed by atoms with Gasteiger partial charge >= 0.3 is 0 Å². The lowest BCUT2D eigenvalue weighted by molar-refractivity contribution is -0.120. The summed E-state index contributed by atoms with van der Waals surface area (Å²) in [4.78, 5) is 24.6. The summed E-state index contributed by atoms with van der Waals surface area (Å²) >= 11 is 0. The number of carbonyl (C=O) groups is 1. The molecular weight excluding hydrogens is 412 g/mol. The first-order chi connectivity index (χ1) is 16.2. The van der Waals surface area contributed by atoms with Gasteiger partial charge < -0.3 is 15.0 Å². The Morgan fingerprint density at radius 3 is 2.79 bits per heavy atom. The van der Waals surface area contributed by atoms with Crippen LogP contribution in [0.25, 0.3) is 11.3 Å². The second-order valence-corrected chi connectivity index (χ2v) is 8.87. The van der Waals surface area contributed by atoms with Crippen molar-refractivity contribution in [1.82, 2.24) is 15.3 Å². The molecule has 0 saturated carbocycles. The molecule has 2 aromatic carbocycles. The largest absolute Gasteiger partial charge is 0.378 e. The Hall–Kier alpha value is -3.09. The minimum atomic E-state index is -0.196. The molecule has 1 fully saturated rings. The highest BCUT2D eigenvalue weighted by Gasteiger charge is 2.18. The second kappa shape index (κ2) is 9.81. The molecule has 0 amide bonds. The van der Waals surface area contributed by atoms with Gasteiger partial charge in [-0.1, -0.05) is 30.3 Å². The van der Waals surface area contributed by atoms with Crippen molar-refractivity contribution < 1.29 is 9.53 Å². The molecule has 1 N–H and O–H groups in total. The number of hydrogen-bond acceptors (Lipinski definition) is 6. The molecule has 33 heavy (non-hydrogen) atoms. The monoisotopic (exact) mass is 442 g/mol. The molecule has 6 bridgehead atoms. The number of carbonyl (C=O) groups excluding carboxylic acids is 1. The fourth-order valence-electron chi connectivity index (χ4n) is 4.58. The number of aryl methyl sites for hydroxylation is 1. The summed E-state index contributed by atoms with van der Waals surface area (Å²) in [5.41, 5.74) is 6.70. The molecule has 3 heterocycles. The van der Waals surface area contributed by atoms with Crippen LogP contribution in [0.4, 0.5) is 5.69 Å². The lowest BCUT2D eigenvalue weighted by atomic mass is 10.00. The molecule has 2 aliphatic heterocycles. The number of rotatable bonds is 1. The maximum Gasteiger partial charge on any atom is 0.149 e. The number of aromatic nitrogens is 2. The Labute approximate surface area is 195 Å². The van der Waals surface area contributed by atoms with Crippen molar-refractivity contribution in [3.05, 3.63) is 77.2 Å². The van der Waals surface area contributed by atoms with Gasteiger partial charge in [0, 0.05) is 49.9 Å². The Kier molecular flexibility index (Phi) is 6.46. The summed E-state index contributed by atoms with van der Waals surface area (Å²) < 4.78 is 5.55. The molecule has 1 atom stereocenters. The number of benzene rings is 2. The van der Waals surface area contributed by atoms with Crippen LogP contribution in [-0.4, -0.2) is 48.1 Å². The normalized spacial score (nSPS) is 19.4. The number of nitrogens with zero attached hydrogens (tertiary/aromatic N) is 3. The van der Waals surface area contributed by atoms with Crippen LogP contribution in [0.15, 0.2) is 54.7 Å². The number of anilines is 1. The van der Waals surface area contributed by atoms with Crippen LogP contribution < -0.4 is 10.2 Å². The van der Waals surface area contributed by atoms with Crippen LogP contribution in [0.5, 0.6) is 0 Å². The summed E-state index contributed by atoms with van der Waals surface area (Å²) in [5.74, 6) is 1.05. The summed E-state index contributed by atoms with van der Waals surface area (Å²) in [6.45, 7) is 5.85. The van der Waals surface area contributed by atoms with Crippen molar-refractivity contribution in [3.8, 4) is 11.3 Å². The molecule has 0 unspecified atom stereocenters. The number of morpholine rings is 1. The van der Waals surface area contributed by atoms with Gasteiger partial charge in [-0.25, -0.2) is 9.97 Å². The zero-order chi connectivity index (χ0) is 22.6. The fraction of sp³-hybridized carbons (Fsp3) is 0.370. The van der Waals surface area contributed by atoms with Gasteiger partial charge in [0.15, 0.2) is 0 Å². The number of nitrogens with one attached hydrogen (secondary N) is 1. The second-order valence-electron chi connectivity index (χ2n) is 8.87. The van der Waals surface area contributed by atoms with E-state index < -0.39 is 0 Å². The van der Waals surface area contributed by atoms with Crippen molar-refractivity contribution in [2.75, 3.05) is 31.2 Å². The topological polar surface area (TPSA) is 67.3 Å². The van der Waals surface area contributed by atoms with E-state index in [4.69, 9.17) is 9.72 Å². The van der Waals surface area contributed by atoms with Gasteiger partial charge in [-0.2, -0.15) is 0 Å². The molecule has 0 radical (unpaired) electrons. The average Bonchev–Trinajstić information content (AvgIpc) is 2.86. The lowest BCUT2D eigenvalue weighted by Crippen LogP contribution is -2.38. The lowest BCUT2D eigenvalue weighted by Gasteiger charge is -2.31. The number of fused-ring (bicyclic) bond motifs is 7. The minimum Gasteiger partial charge on any atom is -0.378 e. The van der Waals surface area contributed by atoms with Crippen LogP contribution in [0.1, 0.15) is 35.9 Å². The molecule has 1 aromatic heterocycles. The van der Waals surface area contributed by atoms with Crippen molar-refractivity contribution in [1.29, 1.82) is 0 Å². The van der Waals surface area contributed by atoms with E-state index in [1.807, 2.05) is 25.3 Å². The average molecular weight is 443 g/mol. The Balaban J connectivity index is 1.52. The zero-order valence-corrected chi connectivity index (χ0v) is 19.1. The third-order valence-corrected chi connectivity index (χ3v) is 6.53. The van der Waals surface area contributed by atoms with E-state index in [1.165, 1.54) is 16.8 Å². The minimum absolute atomic E-state index is 0.196. The highest BCUT2D eigenvalue weighted by molar-refractivity contribution is 5.83. The predicted octanol–water partition coefficient (Wildman–Crippen LogP) is 3.56. The molecule has 0 spiro atoms. The Morgan fingerprint density at radius 2 is 1.91 bits per heavy atom. The summed E-state index contributed by atoms with van der Waals surface area (Å²) in [6.07, 6.45) is 3.75. The quantitative estimate of drug-likeness (QED) is 0.622. The molecule has 1 saturated heterocycles. The van der Waals surface area contributed by atoms with Crippen LogP contribution >= 0.6 is 0 Å². The van der Waals surface area contributed by atoms with E-state index in [0.717, 1.165) is 55.4 Å². The van der Waals surface area contributed by atoms with E-state index in [2.05, 4.69) is 51.6 Å². The third-order valence-electron chi connectivity index (χ3n) is 6.53. The van der Waals surface area contributed by atoms with E-state index in [1.54, 1.807) is 0 Å². The number of Topliss-reactive ketones (excluding diaryl/α,β-unsaturated/α-hetero) is 1. The number of ketones is 1. The van der Waals surface area contributed by atoms with Crippen LogP contribution in [0, 0.1) is 0 Å². The molecule has 5 rings (SSSR count). The van der Waals surface area contributed by atoms with Crippen molar-refractivity contribution in [3.63, 3.8) is 0 Å². The van der Waals surface area contributed by atoms with Gasteiger partial charge in [0.25, 0.3) is 0 Å². The molecule has 0 aliphatic carbocycles. The van der Waals surface area contributed by atoms with Crippen molar-refractivity contribution in [2.45, 2.75) is 38.8 Å². The van der Waals surface area contributed by atoms with Gasteiger partial charge in [-0.05, 0) is 48.2 Å². The maximum absolute atomic E-state index is 12.8. The molecule has 6 nitrogen and oxygen atoms in total. The highest BCUT2D eigenvalue weighted by Crippen LogP contribution is 2.25. The number of ether oxygens (including phenoxy) is 1. The summed E-state index contributed by atoms with van der Waals surface area (Å²) in [5, 5.41) is 3.48. The molecule has 170 valence electrons. The predicted molar refractivity (Wildman–Crippen MR) is 129 cm³/mol.